The third-order valence-electron chi connectivity index (χ3n) is 16.9. The first-order valence-corrected chi connectivity index (χ1v) is 31.4. The van der Waals surface area contributed by atoms with E-state index in [0.717, 1.165) is 84.3 Å². The van der Waals surface area contributed by atoms with Crippen LogP contribution in [0.4, 0.5) is 48.3 Å². The van der Waals surface area contributed by atoms with Crippen molar-refractivity contribution in [1.29, 1.82) is 0 Å². The Morgan fingerprint density at radius 1 is 0.253 bits per heavy atom. The molecule has 0 saturated carbocycles. The molecule has 1 unspecified atom stereocenters. The molecule has 0 nitrogen and oxygen atoms in total. The van der Waals surface area contributed by atoms with Crippen molar-refractivity contribution in [3.05, 3.63) is 317 Å². The van der Waals surface area contributed by atoms with Crippen LogP contribution in [0.1, 0.15) is 96.8 Å². The lowest BCUT2D eigenvalue weighted by atomic mass is 9.84. The van der Waals surface area contributed by atoms with Crippen LogP contribution < -0.4 is 0 Å². The highest BCUT2D eigenvalue weighted by molar-refractivity contribution is 5.88. The van der Waals surface area contributed by atoms with Crippen molar-refractivity contribution < 1.29 is 48.3 Å². The summed E-state index contributed by atoms with van der Waals surface area (Å²) in [7, 11) is 0. The van der Waals surface area contributed by atoms with Crippen molar-refractivity contribution in [3.63, 3.8) is 0 Å². The smallest absolute Gasteiger partial charge is 0.169 e. The molecule has 0 amide bonds. The summed E-state index contributed by atoms with van der Waals surface area (Å²) in [5, 5.41) is 7.38. The molecule has 0 fully saturated rings. The second kappa shape index (κ2) is 30.8. The van der Waals surface area contributed by atoms with Gasteiger partial charge in [-0.2, -0.15) is 0 Å². The van der Waals surface area contributed by atoms with E-state index in [1.807, 2.05) is 126 Å². The summed E-state index contributed by atoms with van der Waals surface area (Å²) in [5.41, 5.74) is 12.1. The van der Waals surface area contributed by atoms with Crippen molar-refractivity contribution in [3.8, 4) is 0 Å². The Morgan fingerprint density at radius 2 is 0.663 bits per heavy atom. The number of fused-ring (bicyclic) bond motifs is 7. The van der Waals surface area contributed by atoms with Gasteiger partial charge in [-0.3, -0.25) is 0 Å². The molecule has 0 saturated heterocycles. The topological polar surface area (TPSA) is 0 Å². The van der Waals surface area contributed by atoms with Crippen molar-refractivity contribution in [2.75, 3.05) is 0 Å². The molecule has 1 aliphatic carbocycles. The Labute approximate surface area is 549 Å². The molecule has 11 heteroatoms. The van der Waals surface area contributed by atoms with Gasteiger partial charge in [0, 0.05) is 16.2 Å². The number of benzene rings is 13. The molecular formula is C84H77F11. The average Bonchev–Trinajstić information content (AvgIpc) is 1.06. The van der Waals surface area contributed by atoms with E-state index in [4.69, 9.17) is 0 Å². The van der Waals surface area contributed by atoms with Gasteiger partial charge in [0.15, 0.2) is 23.3 Å². The normalized spacial score (nSPS) is 12.2. The fraction of sp³-hybridized carbons (Fsp3) is 0.214. The van der Waals surface area contributed by atoms with Crippen LogP contribution in [0.2, 0.25) is 0 Å². The average molecular weight is 1300 g/mol. The van der Waals surface area contributed by atoms with E-state index in [1.165, 1.54) is 38.0 Å². The van der Waals surface area contributed by atoms with Gasteiger partial charge in [-0.05, 0) is 269 Å². The fourth-order valence-corrected chi connectivity index (χ4v) is 11.5. The van der Waals surface area contributed by atoms with Crippen LogP contribution in [-0.2, 0) is 12.8 Å². The van der Waals surface area contributed by atoms with Crippen molar-refractivity contribution in [2.24, 2.45) is 5.92 Å². The summed E-state index contributed by atoms with van der Waals surface area (Å²) in [6.45, 7) is 25.5. The molecule has 1 aliphatic rings. The maximum absolute atomic E-state index is 13.6. The second-order valence-corrected chi connectivity index (χ2v) is 25.3. The Morgan fingerprint density at radius 3 is 1.28 bits per heavy atom. The van der Waals surface area contributed by atoms with Crippen LogP contribution in [-0.4, -0.2) is 0 Å². The fourth-order valence-electron chi connectivity index (χ4n) is 11.5. The highest BCUT2D eigenvalue weighted by atomic mass is 19.2. The molecule has 0 aromatic heterocycles. The first kappa shape index (κ1) is 71.5. The predicted octanol–water partition coefficient (Wildman–Crippen LogP) is 25.4. The zero-order chi connectivity index (χ0) is 69.4. The Bertz CT molecular complexity index is 4980. The highest BCUT2D eigenvalue weighted by Gasteiger charge is 2.20. The third kappa shape index (κ3) is 17.3. The molecule has 0 spiro atoms. The van der Waals surface area contributed by atoms with E-state index in [0.29, 0.717) is 60.7 Å². The molecular weight excluding hydrogens is 1220 g/mol. The standard InChI is InChI=1S/C12H9F3.2C12H10F2.C12H11F.C12H15F.2C12H11F/c1-6-3-4-8-5-7(2)11(14)12(15)9(8)10(6)13;1-7-5-9-4-3-8(2)12(14)11(9)10(13)6-7;1-7-3-4-9-6-8(2)11(13)12(14)10(9)5-7;1-8-3-6-11-10(7-8)5-4-9(2)12(11)13;2*1-8-3-4-10-5-9(2)7-12(13)11(10)6-8;1-8-3-4-10-6-9(2)12(13)7-11(10)5-8/h3-5H,1-2H3;2*3-6H,1-2H3;3-7H,1-2H3;5,7-8H,3-4,6H2,1-2H3;2*3-7H,1-2H3. The molecule has 0 heterocycles. The SMILES string of the molecule is Cc1cc(F)c2c(F)c(C)ccc2c1.Cc1cc(F)c2c(c1)CCC(C)C2.Cc1cc(F)c2cc(C)ccc2c1.Cc1cc2ccc(C)c(F)c2c(F)c1F.Cc1ccc2c(F)c(C)ccc2c1.Cc1ccc2cc(C)c(F)c(F)c2c1.Cc1ccc2cc(C)c(F)cc2c1. The quantitative estimate of drug-likeness (QED) is 0.133. The Hall–Kier alpha value is -9.35. The molecule has 95 heavy (non-hydrogen) atoms. The molecule has 13 aromatic rings. The van der Waals surface area contributed by atoms with Gasteiger partial charge in [0.25, 0.3) is 0 Å². The van der Waals surface area contributed by atoms with Crippen LogP contribution in [0.3, 0.4) is 0 Å². The maximum Gasteiger partial charge on any atom is 0.169 e. The second-order valence-electron chi connectivity index (χ2n) is 25.3. The molecule has 0 aliphatic heterocycles. The predicted molar refractivity (Wildman–Crippen MR) is 372 cm³/mol. The largest absolute Gasteiger partial charge is 0.207 e. The van der Waals surface area contributed by atoms with E-state index in [9.17, 15) is 48.3 Å². The lowest BCUT2D eigenvalue weighted by molar-refractivity contribution is 0.477. The summed E-state index contributed by atoms with van der Waals surface area (Å²) in [6.07, 6.45) is 3.17. The zero-order valence-corrected chi connectivity index (χ0v) is 56.0. The van der Waals surface area contributed by atoms with Crippen molar-refractivity contribution >= 4 is 64.6 Å². The van der Waals surface area contributed by atoms with Gasteiger partial charge in [0.1, 0.15) is 40.7 Å². The van der Waals surface area contributed by atoms with Gasteiger partial charge in [-0.25, -0.2) is 48.3 Å². The number of rotatable bonds is 0. The molecule has 1 atom stereocenters. The first-order chi connectivity index (χ1) is 44.9. The minimum Gasteiger partial charge on any atom is -0.207 e. The van der Waals surface area contributed by atoms with Crippen LogP contribution in [0.15, 0.2) is 170 Å². The minimum absolute atomic E-state index is 0.00144. The van der Waals surface area contributed by atoms with E-state index < -0.39 is 40.7 Å². The van der Waals surface area contributed by atoms with E-state index >= 15 is 0 Å². The van der Waals surface area contributed by atoms with E-state index in [1.54, 1.807) is 101 Å². The molecule has 14 rings (SSSR count). The van der Waals surface area contributed by atoms with Gasteiger partial charge in [-0.15, -0.1) is 0 Å². The summed E-state index contributed by atoms with van der Waals surface area (Å²) in [5.74, 6) is -4.92. The van der Waals surface area contributed by atoms with Gasteiger partial charge in [0.2, 0.25) is 0 Å². The van der Waals surface area contributed by atoms with Gasteiger partial charge in [-0.1, -0.05) is 144 Å². The summed E-state index contributed by atoms with van der Waals surface area (Å²) in [4.78, 5) is 0. The summed E-state index contributed by atoms with van der Waals surface area (Å²) in [6, 6.07) is 50.4. The van der Waals surface area contributed by atoms with E-state index in [2.05, 4.69) is 13.0 Å². The monoisotopic (exact) mass is 1290 g/mol. The minimum atomic E-state index is -1.11. The van der Waals surface area contributed by atoms with Crippen molar-refractivity contribution in [1.82, 2.24) is 0 Å². The summed E-state index contributed by atoms with van der Waals surface area (Å²) >= 11 is 0. The molecule has 0 bridgehead atoms. The van der Waals surface area contributed by atoms with E-state index in [-0.39, 0.29) is 39.6 Å². The number of hydrogen-bond donors (Lipinski definition) is 0. The maximum atomic E-state index is 13.6. The summed E-state index contributed by atoms with van der Waals surface area (Å²) < 4.78 is 148. The van der Waals surface area contributed by atoms with Crippen molar-refractivity contribution in [2.45, 2.75) is 116 Å². The molecule has 490 valence electrons. The lowest BCUT2D eigenvalue weighted by Crippen LogP contribution is -2.13. The first-order valence-electron chi connectivity index (χ1n) is 31.4. The number of hydrogen-bond acceptors (Lipinski definition) is 0. The van der Waals surface area contributed by atoms with Gasteiger partial charge in [0.05, 0.1) is 10.8 Å². The Kier molecular flexibility index (Phi) is 23.2. The van der Waals surface area contributed by atoms with Crippen LogP contribution >= 0.6 is 0 Å². The molecule has 0 N–H and O–H groups in total. The van der Waals surface area contributed by atoms with Gasteiger partial charge < -0.3 is 0 Å². The van der Waals surface area contributed by atoms with Crippen LogP contribution in [0.5, 0.6) is 0 Å². The van der Waals surface area contributed by atoms with Crippen LogP contribution in [0.25, 0.3) is 64.6 Å². The molecule has 13 aromatic carbocycles. The van der Waals surface area contributed by atoms with Crippen LogP contribution in [0, 0.1) is 160 Å². The number of aryl methyl sites for hydroxylation is 14. The molecule has 0 radical (unpaired) electrons. The lowest BCUT2D eigenvalue weighted by Gasteiger charge is -2.22. The number of halogens is 11. The zero-order valence-electron chi connectivity index (χ0n) is 56.0. The highest BCUT2D eigenvalue weighted by Crippen LogP contribution is 2.32. The Balaban J connectivity index is 0.000000142. The third-order valence-corrected chi connectivity index (χ3v) is 16.9. The van der Waals surface area contributed by atoms with Gasteiger partial charge >= 0.3 is 0 Å².